The number of anilines is 2. The van der Waals surface area contributed by atoms with E-state index in [2.05, 4.69) is 10.3 Å². The van der Waals surface area contributed by atoms with Crippen molar-refractivity contribution in [3.05, 3.63) is 69.0 Å². The van der Waals surface area contributed by atoms with Crippen LogP contribution < -0.4 is 15.8 Å². The van der Waals surface area contributed by atoms with Gasteiger partial charge in [0, 0.05) is 47.5 Å². The van der Waals surface area contributed by atoms with Crippen LogP contribution in [0.1, 0.15) is 15.9 Å². The summed E-state index contributed by atoms with van der Waals surface area (Å²) in [6, 6.07) is 12.0. The van der Waals surface area contributed by atoms with Crippen LogP contribution in [0.5, 0.6) is 0 Å². The van der Waals surface area contributed by atoms with Crippen molar-refractivity contribution in [3.63, 3.8) is 0 Å². The monoisotopic (exact) mass is 355 g/mol. The summed E-state index contributed by atoms with van der Waals surface area (Å²) in [7, 11) is 3.93. The molecule has 0 saturated heterocycles. The molecule has 0 saturated carbocycles. The summed E-state index contributed by atoms with van der Waals surface area (Å²) in [5.41, 5.74) is 3.31. The summed E-state index contributed by atoms with van der Waals surface area (Å²) in [6.45, 7) is 1.98. The van der Waals surface area contributed by atoms with Gasteiger partial charge in [-0.05, 0) is 48.9 Å². The van der Waals surface area contributed by atoms with E-state index in [9.17, 15) is 9.59 Å². The molecule has 25 heavy (non-hydrogen) atoms. The number of carbonyl (C=O) groups excluding carboxylic acids is 1. The van der Waals surface area contributed by atoms with Crippen LogP contribution in [0, 0.1) is 6.92 Å². The van der Waals surface area contributed by atoms with Crippen molar-refractivity contribution in [2.75, 3.05) is 24.3 Å². The molecule has 0 radical (unpaired) electrons. The zero-order valence-electron chi connectivity index (χ0n) is 14.2. The molecule has 0 unspecified atom stereocenters. The highest BCUT2D eigenvalue weighted by Crippen LogP contribution is 2.24. The lowest BCUT2D eigenvalue weighted by molar-refractivity contribution is 0.102. The second-order valence-electron chi connectivity index (χ2n) is 6.09. The molecule has 0 aliphatic heterocycles. The first-order chi connectivity index (χ1) is 11.8. The maximum Gasteiger partial charge on any atom is 0.256 e. The molecular formula is C19H18ClN3O2. The van der Waals surface area contributed by atoms with Gasteiger partial charge in [0.2, 0.25) is 5.56 Å². The Bertz CT molecular complexity index is 1020. The second-order valence-corrected chi connectivity index (χ2v) is 6.52. The summed E-state index contributed by atoms with van der Waals surface area (Å²) in [6.07, 6.45) is 0. The highest BCUT2D eigenvalue weighted by Gasteiger charge is 2.13. The Balaban J connectivity index is 1.99. The largest absolute Gasteiger partial charge is 0.377 e. The number of carbonyl (C=O) groups is 1. The SMILES string of the molecule is Cc1cc(NC(=O)c2cc(=O)[nH]c3ccc(Cl)cc23)ccc1N(C)C. The number of pyridine rings is 1. The molecule has 0 aliphatic carbocycles. The first kappa shape index (κ1) is 17.0. The Kier molecular flexibility index (Phi) is 4.51. The first-order valence-electron chi connectivity index (χ1n) is 7.77. The van der Waals surface area contributed by atoms with Crippen LogP contribution in [0.4, 0.5) is 11.4 Å². The maximum absolute atomic E-state index is 12.7. The van der Waals surface area contributed by atoms with Crippen molar-refractivity contribution in [2.24, 2.45) is 0 Å². The Labute approximate surface area is 150 Å². The van der Waals surface area contributed by atoms with Gasteiger partial charge < -0.3 is 15.2 Å². The van der Waals surface area contributed by atoms with Crippen LogP contribution in [-0.2, 0) is 0 Å². The molecule has 2 aromatic carbocycles. The molecule has 1 aromatic heterocycles. The van der Waals surface area contributed by atoms with Gasteiger partial charge >= 0.3 is 0 Å². The quantitative estimate of drug-likeness (QED) is 0.750. The van der Waals surface area contributed by atoms with Crippen molar-refractivity contribution in [2.45, 2.75) is 6.92 Å². The molecule has 0 atom stereocenters. The second kappa shape index (κ2) is 6.61. The third kappa shape index (κ3) is 3.51. The first-order valence-corrected chi connectivity index (χ1v) is 8.15. The Morgan fingerprint density at radius 1 is 1.12 bits per heavy atom. The molecular weight excluding hydrogens is 338 g/mol. The van der Waals surface area contributed by atoms with E-state index < -0.39 is 0 Å². The van der Waals surface area contributed by atoms with Crippen molar-refractivity contribution in [1.29, 1.82) is 0 Å². The van der Waals surface area contributed by atoms with Gasteiger partial charge in [0.05, 0.1) is 5.56 Å². The van der Waals surface area contributed by atoms with Gasteiger partial charge in [-0.25, -0.2) is 0 Å². The molecule has 5 nitrogen and oxygen atoms in total. The highest BCUT2D eigenvalue weighted by atomic mass is 35.5. The number of amides is 1. The molecule has 1 heterocycles. The number of fused-ring (bicyclic) bond motifs is 1. The summed E-state index contributed by atoms with van der Waals surface area (Å²) in [4.78, 5) is 29.3. The number of rotatable bonds is 3. The number of H-pyrrole nitrogens is 1. The smallest absolute Gasteiger partial charge is 0.256 e. The van der Waals surface area contributed by atoms with E-state index in [1.807, 2.05) is 44.1 Å². The molecule has 3 rings (SSSR count). The molecule has 0 fully saturated rings. The highest BCUT2D eigenvalue weighted by molar-refractivity contribution is 6.31. The van der Waals surface area contributed by atoms with Crippen molar-refractivity contribution < 1.29 is 4.79 Å². The minimum absolute atomic E-state index is 0.288. The van der Waals surface area contributed by atoms with Crippen molar-refractivity contribution >= 4 is 39.8 Å². The number of nitrogens with zero attached hydrogens (tertiary/aromatic N) is 1. The fraction of sp³-hybridized carbons (Fsp3) is 0.158. The molecule has 0 spiro atoms. The molecule has 0 bridgehead atoms. The maximum atomic E-state index is 12.7. The molecule has 3 aromatic rings. The molecule has 6 heteroatoms. The number of hydrogen-bond acceptors (Lipinski definition) is 3. The third-order valence-electron chi connectivity index (χ3n) is 3.99. The lowest BCUT2D eigenvalue weighted by atomic mass is 10.1. The van der Waals surface area contributed by atoms with Crippen LogP contribution in [0.2, 0.25) is 5.02 Å². The molecule has 0 aliphatic rings. The summed E-state index contributed by atoms with van der Waals surface area (Å²) in [5.74, 6) is -0.352. The van der Waals surface area contributed by atoms with E-state index >= 15 is 0 Å². The fourth-order valence-electron chi connectivity index (χ4n) is 2.85. The van der Waals surface area contributed by atoms with Crippen LogP contribution in [0.25, 0.3) is 10.9 Å². The number of nitrogens with one attached hydrogen (secondary N) is 2. The average molecular weight is 356 g/mol. The van der Waals surface area contributed by atoms with E-state index in [-0.39, 0.29) is 17.0 Å². The number of aromatic amines is 1. The third-order valence-corrected chi connectivity index (χ3v) is 4.22. The average Bonchev–Trinajstić information content (AvgIpc) is 2.54. The van der Waals surface area contributed by atoms with Crippen LogP contribution in [0.3, 0.4) is 0 Å². The number of aromatic nitrogens is 1. The minimum atomic E-state index is -0.352. The van der Waals surface area contributed by atoms with E-state index in [0.29, 0.717) is 21.6 Å². The van der Waals surface area contributed by atoms with E-state index in [4.69, 9.17) is 11.6 Å². The number of halogens is 1. The topological polar surface area (TPSA) is 65.2 Å². The number of hydrogen-bond donors (Lipinski definition) is 2. The van der Waals surface area contributed by atoms with Gasteiger partial charge in [-0.1, -0.05) is 11.6 Å². The van der Waals surface area contributed by atoms with Gasteiger partial charge in [-0.15, -0.1) is 0 Å². The summed E-state index contributed by atoms with van der Waals surface area (Å²) < 4.78 is 0. The van der Waals surface area contributed by atoms with Crippen molar-refractivity contribution in [3.8, 4) is 0 Å². The summed E-state index contributed by atoms with van der Waals surface area (Å²) >= 11 is 6.03. The van der Waals surface area contributed by atoms with E-state index in [1.54, 1.807) is 18.2 Å². The van der Waals surface area contributed by atoms with Gasteiger partial charge in [-0.3, -0.25) is 9.59 Å². The molecule has 1 amide bonds. The van der Waals surface area contributed by atoms with Crippen molar-refractivity contribution in [1.82, 2.24) is 4.98 Å². The minimum Gasteiger partial charge on any atom is -0.377 e. The fourth-order valence-corrected chi connectivity index (χ4v) is 3.02. The summed E-state index contributed by atoms with van der Waals surface area (Å²) in [5, 5.41) is 3.95. The Morgan fingerprint density at radius 3 is 2.56 bits per heavy atom. The zero-order chi connectivity index (χ0) is 18.1. The Morgan fingerprint density at radius 2 is 1.88 bits per heavy atom. The number of aryl methyl sites for hydroxylation is 1. The van der Waals surface area contributed by atoms with Gasteiger partial charge in [0.25, 0.3) is 5.91 Å². The van der Waals surface area contributed by atoms with Gasteiger partial charge in [0.15, 0.2) is 0 Å². The van der Waals surface area contributed by atoms with Gasteiger partial charge in [0.1, 0.15) is 0 Å². The predicted molar refractivity (Wildman–Crippen MR) is 103 cm³/mol. The van der Waals surface area contributed by atoms with Gasteiger partial charge in [-0.2, -0.15) is 0 Å². The molecule has 2 N–H and O–H groups in total. The zero-order valence-corrected chi connectivity index (χ0v) is 14.9. The van der Waals surface area contributed by atoms with E-state index in [0.717, 1.165) is 11.3 Å². The number of benzene rings is 2. The standard InChI is InChI=1S/C19H18ClN3O2/c1-11-8-13(5-7-17(11)23(2)3)21-19(25)15-10-18(24)22-16-6-4-12(20)9-14(15)16/h4-10H,1-3H3,(H,21,25)(H,22,24). The molecule has 128 valence electrons. The predicted octanol–water partition coefficient (Wildman–Crippen LogP) is 3.81. The van der Waals surface area contributed by atoms with Crippen LogP contribution >= 0.6 is 11.6 Å². The lowest BCUT2D eigenvalue weighted by Gasteiger charge is -2.16. The normalized spacial score (nSPS) is 10.7. The van der Waals surface area contributed by atoms with E-state index in [1.165, 1.54) is 6.07 Å². The lowest BCUT2D eigenvalue weighted by Crippen LogP contribution is -2.17. The van der Waals surface area contributed by atoms with Crippen LogP contribution in [-0.4, -0.2) is 25.0 Å². The Hall–Kier alpha value is -2.79. The van der Waals surface area contributed by atoms with Crippen LogP contribution in [0.15, 0.2) is 47.3 Å².